The van der Waals surface area contributed by atoms with Gasteiger partial charge < -0.3 is 5.32 Å². The molecule has 68 valence electrons. The number of fused-ring (bicyclic) bond motifs is 1. The number of carbonyl (C=O) groups excluding carboxylic acids is 1. The van der Waals surface area contributed by atoms with E-state index in [1.165, 1.54) is 5.56 Å². The number of hydrogen-bond donors (Lipinski definition) is 1. The molecular formula is C10H10BrNO. The summed E-state index contributed by atoms with van der Waals surface area (Å²) in [4.78, 5) is 11.3. The van der Waals surface area contributed by atoms with E-state index in [-0.39, 0.29) is 5.91 Å². The number of carbonyl (C=O) groups is 1. The number of halogens is 1. The largest absolute Gasteiger partial charge is 0.325 e. The summed E-state index contributed by atoms with van der Waals surface area (Å²) in [7, 11) is 0. The number of hydrogen-bond acceptors (Lipinski definition) is 1. The normalized spacial score (nSPS) is 20.8. The van der Waals surface area contributed by atoms with E-state index in [1.807, 2.05) is 12.1 Å². The second-order valence-electron chi connectivity index (χ2n) is 3.36. The van der Waals surface area contributed by atoms with E-state index < -0.39 is 0 Å². The van der Waals surface area contributed by atoms with Crippen LogP contribution in [0, 0.1) is 0 Å². The summed E-state index contributed by atoms with van der Waals surface area (Å²) in [5.74, 6) is 0.424. The Hall–Kier alpha value is -0.830. The minimum absolute atomic E-state index is 0.104. The number of benzene rings is 1. The van der Waals surface area contributed by atoms with Crippen molar-refractivity contribution in [2.45, 2.75) is 19.3 Å². The van der Waals surface area contributed by atoms with Crippen molar-refractivity contribution in [1.29, 1.82) is 0 Å². The average molecular weight is 240 g/mol. The molecule has 1 aliphatic heterocycles. The van der Waals surface area contributed by atoms with Crippen molar-refractivity contribution in [2.24, 2.45) is 0 Å². The maximum absolute atomic E-state index is 11.3. The van der Waals surface area contributed by atoms with Crippen LogP contribution in [-0.4, -0.2) is 5.91 Å². The maximum Gasteiger partial charge on any atom is 0.225 e. The molecule has 0 saturated heterocycles. The van der Waals surface area contributed by atoms with Crippen LogP contribution in [0.2, 0.25) is 0 Å². The fourth-order valence-corrected chi connectivity index (χ4v) is 2.14. The van der Waals surface area contributed by atoms with Gasteiger partial charge in [0, 0.05) is 10.9 Å². The lowest BCUT2D eigenvalue weighted by Gasteiger charge is -2.23. The van der Waals surface area contributed by atoms with Crippen LogP contribution in [0.1, 0.15) is 24.8 Å². The molecule has 1 atom stereocenters. The molecule has 0 spiro atoms. The molecule has 1 N–H and O–H groups in total. The van der Waals surface area contributed by atoms with Crippen LogP contribution in [-0.2, 0) is 4.79 Å². The van der Waals surface area contributed by atoms with E-state index in [9.17, 15) is 4.79 Å². The topological polar surface area (TPSA) is 29.1 Å². The Kier molecular flexibility index (Phi) is 2.12. The van der Waals surface area contributed by atoms with Crippen LogP contribution in [0.4, 0.5) is 5.69 Å². The van der Waals surface area contributed by atoms with Gasteiger partial charge in [-0.05, 0) is 33.5 Å². The number of anilines is 1. The monoisotopic (exact) mass is 239 g/mol. The Bertz CT molecular complexity index is 362. The number of nitrogens with one attached hydrogen (secondary N) is 1. The molecule has 1 amide bonds. The van der Waals surface area contributed by atoms with Gasteiger partial charge in [0.25, 0.3) is 0 Å². The van der Waals surface area contributed by atoms with Crippen LogP contribution >= 0.6 is 15.9 Å². The van der Waals surface area contributed by atoms with Crippen molar-refractivity contribution in [3.63, 3.8) is 0 Å². The fourth-order valence-electron chi connectivity index (χ4n) is 1.66. The molecule has 0 fully saturated rings. The van der Waals surface area contributed by atoms with Gasteiger partial charge in [0.2, 0.25) is 5.91 Å². The molecule has 0 bridgehead atoms. The van der Waals surface area contributed by atoms with E-state index in [2.05, 4.69) is 34.2 Å². The Labute approximate surface area is 85.5 Å². The quantitative estimate of drug-likeness (QED) is 0.742. The zero-order chi connectivity index (χ0) is 9.42. The van der Waals surface area contributed by atoms with Gasteiger partial charge in [0.1, 0.15) is 0 Å². The number of rotatable bonds is 0. The summed E-state index contributed by atoms with van der Waals surface area (Å²) in [5.41, 5.74) is 2.15. The zero-order valence-corrected chi connectivity index (χ0v) is 8.89. The lowest BCUT2D eigenvalue weighted by atomic mass is 9.92. The van der Waals surface area contributed by atoms with Crippen LogP contribution in [0.25, 0.3) is 0 Å². The van der Waals surface area contributed by atoms with Crippen LogP contribution in [0.15, 0.2) is 22.7 Å². The highest BCUT2D eigenvalue weighted by atomic mass is 79.9. The van der Waals surface area contributed by atoms with E-state index >= 15 is 0 Å². The first-order valence-corrected chi connectivity index (χ1v) is 5.06. The van der Waals surface area contributed by atoms with Crippen LogP contribution < -0.4 is 5.32 Å². The van der Waals surface area contributed by atoms with E-state index in [4.69, 9.17) is 0 Å². The first-order chi connectivity index (χ1) is 6.18. The Morgan fingerprint density at radius 2 is 2.31 bits per heavy atom. The van der Waals surface area contributed by atoms with Crippen molar-refractivity contribution >= 4 is 27.5 Å². The van der Waals surface area contributed by atoms with Crippen molar-refractivity contribution in [2.75, 3.05) is 5.32 Å². The number of amides is 1. The lowest BCUT2D eigenvalue weighted by molar-refractivity contribution is -0.116. The Balaban J connectivity index is 2.54. The van der Waals surface area contributed by atoms with E-state index in [1.54, 1.807) is 0 Å². The van der Waals surface area contributed by atoms with Gasteiger partial charge in [0.05, 0.1) is 5.69 Å². The zero-order valence-electron chi connectivity index (χ0n) is 7.30. The van der Waals surface area contributed by atoms with Gasteiger partial charge in [0.15, 0.2) is 0 Å². The standard InChI is InChI=1S/C10H10BrNO/c1-6-5-9(13)12-10-7(6)3-2-4-8(10)11/h2-4,6H,5H2,1H3,(H,12,13). The van der Waals surface area contributed by atoms with Gasteiger partial charge in [-0.3, -0.25) is 4.79 Å². The second kappa shape index (κ2) is 3.14. The van der Waals surface area contributed by atoms with Crippen LogP contribution in [0.3, 0.4) is 0 Å². The van der Waals surface area contributed by atoms with Crippen molar-refractivity contribution in [3.8, 4) is 0 Å². The summed E-state index contributed by atoms with van der Waals surface area (Å²) in [6, 6.07) is 6.00. The summed E-state index contributed by atoms with van der Waals surface area (Å²) in [6.45, 7) is 2.07. The summed E-state index contributed by atoms with van der Waals surface area (Å²) in [5, 5.41) is 2.87. The molecule has 0 saturated carbocycles. The van der Waals surface area contributed by atoms with Gasteiger partial charge in [-0.15, -0.1) is 0 Å². The predicted octanol–water partition coefficient (Wildman–Crippen LogP) is 2.89. The Morgan fingerprint density at radius 1 is 1.54 bits per heavy atom. The summed E-state index contributed by atoms with van der Waals surface area (Å²) < 4.78 is 0.963. The maximum atomic E-state index is 11.3. The molecule has 1 aliphatic rings. The third-order valence-corrected chi connectivity index (χ3v) is 2.99. The van der Waals surface area contributed by atoms with Crippen LogP contribution in [0.5, 0.6) is 0 Å². The molecule has 0 aromatic heterocycles. The van der Waals surface area contributed by atoms with Crippen molar-refractivity contribution in [1.82, 2.24) is 0 Å². The third-order valence-electron chi connectivity index (χ3n) is 2.33. The molecule has 1 aromatic rings. The van der Waals surface area contributed by atoms with Crippen molar-refractivity contribution < 1.29 is 4.79 Å². The molecule has 1 heterocycles. The van der Waals surface area contributed by atoms with E-state index in [0.29, 0.717) is 12.3 Å². The smallest absolute Gasteiger partial charge is 0.225 e. The highest BCUT2D eigenvalue weighted by Crippen LogP contribution is 2.36. The second-order valence-corrected chi connectivity index (χ2v) is 4.21. The molecule has 3 heteroatoms. The molecule has 1 aromatic carbocycles. The summed E-state index contributed by atoms with van der Waals surface area (Å²) in [6.07, 6.45) is 0.587. The Morgan fingerprint density at radius 3 is 3.08 bits per heavy atom. The number of para-hydroxylation sites is 1. The molecule has 0 aliphatic carbocycles. The molecule has 2 rings (SSSR count). The highest BCUT2D eigenvalue weighted by molar-refractivity contribution is 9.10. The molecule has 13 heavy (non-hydrogen) atoms. The van der Waals surface area contributed by atoms with Gasteiger partial charge >= 0.3 is 0 Å². The highest BCUT2D eigenvalue weighted by Gasteiger charge is 2.22. The molecular weight excluding hydrogens is 230 g/mol. The fraction of sp³-hybridized carbons (Fsp3) is 0.300. The van der Waals surface area contributed by atoms with E-state index in [0.717, 1.165) is 10.2 Å². The molecule has 0 radical (unpaired) electrons. The minimum Gasteiger partial charge on any atom is -0.325 e. The first kappa shape index (κ1) is 8.75. The SMILES string of the molecule is CC1CC(=O)Nc2c(Br)cccc21. The van der Waals surface area contributed by atoms with Gasteiger partial charge in [-0.2, -0.15) is 0 Å². The average Bonchev–Trinajstić information content (AvgIpc) is 2.07. The first-order valence-electron chi connectivity index (χ1n) is 4.26. The molecule has 2 nitrogen and oxygen atoms in total. The molecule has 1 unspecified atom stereocenters. The van der Waals surface area contributed by atoms with Gasteiger partial charge in [-0.25, -0.2) is 0 Å². The lowest BCUT2D eigenvalue weighted by Crippen LogP contribution is -2.21. The van der Waals surface area contributed by atoms with Gasteiger partial charge in [-0.1, -0.05) is 19.1 Å². The minimum atomic E-state index is 0.104. The predicted molar refractivity (Wildman–Crippen MR) is 55.8 cm³/mol. The third kappa shape index (κ3) is 1.48. The van der Waals surface area contributed by atoms with Crippen molar-refractivity contribution in [3.05, 3.63) is 28.2 Å². The summed E-state index contributed by atoms with van der Waals surface area (Å²) >= 11 is 3.42.